The molecule has 0 aromatic carbocycles. The van der Waals surface area contributed by atoms with Gasteiger partial charge in [0.15, 0.2) is 0 Å². The molecule has 0 saturated heterocycles. The second-order valence-corrected chi connectivity index (χ2v) is 5.65. The summed E-state index contributed by atoms with van der Waals surface area (Å²) in [4.78, 5) is 44.1. The van der Waals surface area contributed by atoms with Crippen LogP contribution in [0.15, 0.2) is 61.3 Å². The first-order valence-corrected chi connectivity index (χ1v) is 8.04. The van der Waals surface area contributed by atoms with E-state index in [1.807, 2.05) is 0 Å². The number of nitrogens with one attached hydrogen (secondary N) is 1. The topological polar surface area (TPSA) is 133 Å². The molecule has 3 rings (SSSR count). The van der Waals surface area contributed by atoms with Crippen molar-refractivity contribution in [2.75, 3.05) is 0 Å². The summed E-state index contributed by atoms with van der Waals surface area (Å²) >= 11 is 0. The Kier molecular flexibility index (Phi) is 5.31. The van der Waals surface area contributed by atoms with Crippen LogP contribution in [0.3, 0.4) is 0 Å². The Hall–Kier alpha value is -3.88. The lowest BCUT2D eigenvalue weighted by Gasteiger charge is -2.17. The number of carbonyl (C=O) groups excluding carboxylic acids is 3. The molecule has 0 spiro atoms. The van der Waals surface area contributed by atoms with Crippen molar-refractivity contribution in [2.24, 2.45) is 5.73 Å². The molecule has 3 N–H and O–H groups in total. The molecule has 0 aliphatic carbocycles. The molecule has 0 fully saturated rings. The number of ketones is 1. The molecule has 2 amide bonds. The number of rotatable bonds is 7. The zero-order valence-corrected chi connectivity index (χ0v) is 14.1. The molecule has 9 nitrogen and oxygen atoms in total. The van der Waals surface area contributed by atoms with Gasteiger partial charge in [-0.05, 0) is 35.9 Å². The highest BCUT2D eigenvalue weighted by atomic mass is 16.2. The number of primary amides is 1. The maximum absolute atomic E-state index is 12.7. The van der Waals surface area contributed by atoms with Crippen LogP contribution in [0.1, 0.15) is 16.1 Å². The molecule has 9 heteroatoms. The van der Waals surface area contributed by atoms with Crippen molar-refractivity contribution in [3.8, 4) is 5.69 Å². The van der Waals surface area contributed by atoms with Crippen molar-refractivity contribution in [3.05, 3.63) is 72.6 Å². The first-order valence-electron chi connectivity index (χ1n) is 8.04. The van der Waals surface area contributed by atoms with Crippen molar-refractivity contribution in [1.29, 1.82) is 0 Å². The van der Waals surface area contributed by atoms with E-state index >= 15 is 0 Å². The lowest BCUT2D eigenvalue weighted by atomic mass is 10.0. The molecule has 3 aromatic rings. The van der Waals surface area contributed by atoms with Crippen molar-refractivity contribution in [2.45, 2.75) is 12.5 Å². The predicted octanol–water partition coefficient (Wildman–Crippen LogP) is 0.0578. The fraction of sp³-hybridized carbons (Fsp3) is 0.111. The van der Waals surface area contributed by atoms with Gasteiger partial charge in [0, 0.05) is 31.2 Å². The highest BCUT2D eigenvalue weighted by molar-refractivity contribution is 6.38. The fourth-order valence-corrected chi connectivity index (χ4v) is 2.53. The first kappa shape index (κ1) is 17.9. The van der Waals surface area contributed by atoms with Gasteiger partial charge in [0.05, 0.1) is 11.9 Å². The standard InChI is InChI=1S/C18H16N6O3/c19-17(26)16(25)14(11-12-1-6-20-7-2-12)23-18(27)15-5-10-22-24(15)13-3-8-21-9-4-13/h1-10,14H,11H2,(H2,19,26)(H,23,27). The van der Waals surface area contributed by atoms with E-state index in [1.54, 1.807) is 49.1 Å². The number of pyridine rings is 2. The summed E-state index contributed by atoms with van der Waals surface area (Å²) in [7, 11) is 0. The maximum Gasteiger partial charge on any atom is 0.287 e. The zero-order chi connectivity index (χ0) is 19.2. The molecule has 0 saturated carbocycles. The minimum absolute atomic E-state index is 0.111. The molecule has 0 radical (unpaired) electrons. The summed E-state index contributed by atoms with van der Waals surface area (Å²) in [5, 5.41) is 6.69. The quantitative estimate of drug-likeness (QED) is 0.570. The third-order valence-electron chi connectivity index (χ3n) is 3.84. The third-order valence-corrected chi connectivity index (χ3v) is 3.84. The van der Waals surface area contributed by atoms with E-state index < -0.39 is 23.6 Å². The van der Waals surface area contributed by atoms with Crippen molar-refractivity contribution < 1.29 is 14.4 Å². The van der Waals surface area contributed by atoms with Crippen LogP contribution in [0.2, 0.25) is 0 Å². The molecule has 0 aliphatic heterocycles. The van der Waals surface area contributed by atoms with Gasteiger partial charge in [-0.15, -0.1) is 0 Å². The Morgan fingerprint density at radius 2 is 1.59 bits per heavy atom. The number of nitrogens with zero attached hydrogens (tertiary/aromatic N) is 4. The molecule has 3 heterocycles. The lowest BCUT2D eigenvalue weighted by Crippen LogP contribution is -2.47. The van der Waals surface area contributed by atoms with Gasteiger partial charge in [-0.3, -0.25) is 24.4 Å². The van der Waals surface area contributed by atoms with E-state index in [1.165, 1.54) is 16.9 Å². The molecular weight excluding hydrogens is 348 g/mol. The summed E-state index contributed by atoms with van der Waals surface area (Å²) in [6, 6.07) is 7.16. The Morgan fingerprint density at radius 3 is 2.22 bits per heavy atom. The van der Waals surface area contributed by atoms with E-state index in [-0.39, 0.29) is 12.1 Å². The van der Waals surface area contributed by atoms with Crippen LogP contribution in [0.25, 0.3) is 5.69 Å². The normalized spacial score (nSPS) is 11.6. The number of hydrogen-bond donors (Lipinski definition) is 2. The van der Waals surface area contributed by atoms with Crippen LogP contribution >= 0.6 is 0 Å². The zero-order valence-electron chi connectivity index (χ0n) is 14.1. The van der Waals surface area contributed by atoms with Gasteiger partial charge in [-0.2, -0.15) is 5.10 Å². The second kappa shape index (κ2) is 8.00. The van der Waals surface area contributed by atoms with Gasteiger partial charge in [0.2, 0.25) is 5.78 Å². The van der Waals surface area contributed by atoms with Gasteiger partial charge < -0.3 is 11.1 Å². The Bertz CT molecular complexity index is 955. The predicted molar refractivity (Wildman–Crippen MR) is 94.8 cm³/mol. The number of Topliss-reactive ketones (excluding diaryl/α,β-unsaturated/α-hetero) is 1. The number of carbonyl (C=O) groups is 3. The number of aromatic nitrogens is 4. The highest BCUT2D eigenvalue weighted by Crippen LogP contribution is 2.10. The van der Waals surface area contributed by atoms with Crippen LogP contribution < -0.4 is 11.1 Å². The van der Waals surface area contributed by atoms with Crippen LogP contribution in [0, 0.1) is 0 Å². The first-order chi connectivity index (χ1) is 13.1. The minimum atomic E-state index is -1.11. The van der Waals surface area contributed by atoms with E-state index in [0.717, 1.165) is 5.56 Å². The van der Waals surface area contributed by atoms with Gasteiger partial charge in [-0.25, -0.2) is 4.68 Å². The van der Waals surface area contributed by atoms with E-state index in [9.17, 15) is 14.4 Å². The third kappa shape index (κ3) is 4.21. The Labute approximate surface area is 154 Å². The van der Waals surface area contributed by atoms with Gasteiger partial charge in [0.1, 0.15) is 11.7 Å². The van der Waals surface area contributed by atoms with Crippen LogP contribution in [-0.4, -0.2) is 43.4 Å². The van der Waals surface area contributed by atoms with Crippen molar-refractivity contribution >= 4 is 17.6 Å². The van der Waals surface area contributed by atoms with Crippen LogP contribution in [-0.2, 0) is 16.0 Å². The van der Waals surface area contributed by atoms with Crippen LogP contribution in [0.5, 0.6) is 0 Å². The molecular formula is C18H16N6O3. The van der Waals surface area contributed by atoms with Gasteiger partial charge >= 0.3 is 0 Å². The Balaban J connectivity index is 1.84. The number of hydrogen-bond acceptors (Lipinski definition) is 6. The number of nitrogens with two attached hydrogens (primary N) is 1. The minimum Gasteiger partial charge on any atom is -0.363 e. The molecule has 136 valence electrons. The van der Waals surface area contributed by atoms with E-state index in [2.05, 4.69) is 20.4 Å². The van der Waals surface area contributed by atoms with Crippen LogP contribution in [0.4, 0.5) is 0 Å². The molecule has 1 unspecified atom stereocenters. The summed E-state index contributed by atoms with van der Waals surface area (Å²) in [6.45, 7) is 0. The van der Waals surface area contributed by atoms with Crippen molar-refractivity contribution in [1.82, 2.24) is 25.1 Å². The largest absolute Gasteiger partial charge is 0.363 e. The van der Waals surface area contributed by atoms with Gasteiger partial charge in [0.25, 0.3) is 11.8 Å². The smallest absolute Gasteiger partial charge is 0.287 e. The number of amides is 2. The average molecular weight is 364 g/mol. The second-order valence-electron chi connectivity index (χ2n) is 5.65. The molecule has 0 bridgehead atoms. The fourth-order valence-electron chi connectivity index (χ4n) is 2.53. The van der Waals surface area contributed by atoms with Gasteiger partial charge in [-0.1, -0.05) is 0 Å². The summed E-state index contributed by atoms with van der Waals surface area (Å²) in [5.74, 6) is -2.55. The molecule has 27 heavy (non-hydrogen) atoms. The summed E-state index contributed by atoms with van der Waals surface area (Å²) < 4.78 is 1.41. The molecule has 1 atom stereocenters. The maximum atomic E-state index is 12.7. The monoisotopic (exact) mass is 364 g/mol. The molecule has 3 aromatic heterocycles. The Morgan fingerprint density at radius 1 is 0.963 bits per heavy atom. The van der Waals surface area contributed by atoms with E-state index in [4.69, 9.17) is 5.73 Å². The average Bonchev–Trinajstić information content (AvgIpc) is 3.18. The van der Waals surface area contributed by atoms with E-state index in [0.29, 0.717) is 5.69 Å². The van der Waals surface area contributed by atoms with Crippen molar-refractivity contribution in [3.63, 3.8) is 0 Å². The lowest BCUT2D eigenvalue weighted by molar-refractivity contribution is -0.137. The summed E-state index contributed by atoms with van der Waals surface area (Å²) in [6.07, 6.45) is 7.83. The summed E-state index contributed by atoms with van der Waals surface area (Å²) in [5.41, 5.74) is 6.70. The SMILES string of the molecule is NC(=O)C(=O)C(Cc1ccncc1)NC(=O)c1ccnn1-c1ccncc1. The molecule has 0 aliphatic rings. The highest BCUT2D eigenvalue weighted by Gasteiger charge is 2.27.